The lowest BCUT2D eigenvalue weighted by molar-refractivity contribution is 0.195. The van der Waals surface area contributed by atoms with Crippen LogP contribution in [0.5, 0.6) is 0 Å². The van der Waals surface area contributed by atoms with E-state index in [1.54, 1.807) is 6.20 Å². The first-order valence-corrected chi connectivity index (χ1v) is 12.2. The zero-order valence-corrected chi connectivity index (χ0v) is 22.8. The smallest absolute Gasteiger partial charge is 0.169 e. The molecule has 0 amide bonds. The molecule has 0 aliphatic rings. The van der Waals surface area contributed by atoms with Gasteiger partial charge in [0.25, 0.3) is 0 Å². The minimum Gasteiger partial charge on any atom is -0.484 e. The van der Waals surface area contributed by atoms with Crippen LogP contribution >= 0.6 is 11.6 Å². The second-order valence-corrected chi connectivity index (χ2v) is 9.54. The summed E-state index contributed by atoms with van der Waals surface area (Å²) >= 11 is 6.40. The number of allylic oxidation sites excluding steroid dienone is 4. The van der Waals surface area contributed by atoms with Crippen molar-refractivity contribution in [3.05, 3.63) is 71.0 Å². The molecule has 0 bridgehead atoms. The average Bonchev–Trinajstić information content (AvgIpc) is 3.22. The number of nitrogens with zero attached hydrogens (tertiary/aromatic N) is 6. The number of aryl methyl sites for hydroxylation is 1. The number of hydrogen-bond acceptors (Lipinski definition) is 6. The maximum absolute atomic E-state index is 6.40. The summed E-state index contributed by atoms with van der Waals surface area (Å²) < 4.78 is 7.85. The highest BCUT2D eigenvalue weighted by Gasteiger charge is 2.22. The van der Waals surface area contributed by atoms with Gasteiger partial charge in [0.15, 0.2) is 11.4 Å². The molecule has 0 saturated heterocycles. The van der Waals surface area contributed by atoms with Crippen LogP contribution in [-0.4, -0.2) is 78.6 Å². The first kappa shape index (κ1) is 27.3. The Kier molecular flexibility index (Phi) is 9.54. The molecule has 0 spiro atoms. The summed E-state index contributed by atoms with van der Waals surface area (Å²) in [5.41, 5.74) is 4.43. The molecule has 36 heavy (non-hydrogen) atoms. The van der Waals surface area contributed by atoms with Crippen LogP contribution in [0.2, 0.25) is 5.02 Å². The predicted octanol–water partition coefficient (Wildman–Crippen LogP) is 4.89. The fourth-order valence-electron chi connectivity index (χ4n) is 3.67. The Balaban J connectivity index is 2.13. The van der Waals surface area contributed by atoms with E-state index in [1.165, 1.54) is 0 Å². The van der Waals surface area contributed by atoms with Crippen LogP contribution in [0.3, 0.4) is 0 Å². The lowest BCUT2D eigenvalue weighted by Gasteiger charge is -2.27. The van der Waals surface area contributed by atoms with Crippen molar-refractivity contribution in [2.45, 2.75) is 13.8 Å². The molecule has 3 rings (SSSR count). The van der Waals surface area contributed by atoms with E-state index >= 15 is 0 Å². The van der Waals surface area contributed by atoms with E-state index < -0.39 is 0 Å². The van der Waals surface area contributed by atoms with Crippen molar-refractivity contribution in [3.8, 4) is 12.3 Å². The van der Waals surface area contributed by atoms with Gasteiger partial charge in [-0.1, -0.05) is 23.7 Å². The normalized spacial score (nSPS) is 12.4. The molecule has 3 aromatic rings. The van der Waals surface area contributed by atoms with Crippen molar-refractivity contribution in [2.75, 3.05) is 59.3 Å². The largest absolute Gasteiger partial charge is 0.484 e. The van der Waals surface area contributed by atoms with Gasteiger partial charge in [0, 0.05) is 42.7 Å². The second kappa shape index (κ2) is 12.6. The molecule has 1 aromatic carbocycles. The van der Waals surface area contributed by atoms with E-state index in [0.29, 0.717) is 17.4 Å². The van der Waals surface area contributed by atoms with E-state index in [0.717, 1.165) is 53.7 Å². The van der Waals surface area contributed by atoms with Crippen molar-refractivity contribution >= 4 is 34.3 Å². The molecule has 0 unspecified atom stereocenters. The molecule has 7 nitrogen and oxygen atoms in total. The highest BCUT2D eigenvalue weighted by Crippen LogP contribution is 2.34. The Morgan fingerprint density at radius 2 is 1.89 bits per heavy atom. The number of rotatable bonds is 11. The highest BCUT2D eigenvalue weighted by molar-refractivity contribution is 6.30. The number of benzene rings is 1. The van der Waals surface area contributed by atoms with Crippen LogP contribution in [0.1, 0.15) is 18.3 Å². The fourth-order valence-corrected chi connectivity index (χ4v) is 3.85. The zero-order chi connectivity index (χ0) is 26.2. The van der Waals surface area contributed by atoms with Gasteiger partial charge in [-0.05, 0) is 77.8 Å². The van der Waals surface area contributed by atoms with Crippen molar-refractivity contribution in [3.63, 3.8) is 0 Å². The second-order valence-electron chi connectivity index (χ2n) is 9.10. The molecule has 0 radical (unpaired) electrons. The van der Waals surface area contributed by atoms with Gasteiger partial charge in [-0.25, -0.2) is 4.98 Å². The van der Waals surface area contributed by atoms with Gasteiger partial charge in [-0.3, -0.25) is 9.38 Å². The predicted molar refractivity (Wildman–Crippen MR) is 150 cm³/mol. The molecule has 0 N–H and O–H groups in total. The monoisotopic (exact) mass is 506 g/mol. The molecule has 8 heteroatoms. The summed E-state index contributed by atoms with van der Waals surface area (Å²) in [5, 5.41) is 0.680. The van der Waals surface area contributed by atoms with E-state index in [-0.39, 0.29) is 0 Å². The van der Waals surface area contributed by atoms with Crippen molar-refractivity contribution in [1.82, 2.24) is 24.2 Å². The maximum Gasteiger partial charge on any atom is 0.169 e. The van der Waals surface area contributed by atoms with Crippen LogP contribution in [0.25, 0.3) is 11.2 Å². The topological polar surface area (TPSA) is 49.1 Å². The Morgan fingerprint density at radius 1 is 1.14 bits per heavy atom. The first-order chi connectivity index (χ1) is 17.2. The quantitative estimate of drug-likeness (QED) is 0.210. The number of ether oxygens (including phenoxy) is 1. The van der Waals surface area contributed by atoms with Gasteiger partial charge in [0.2, 0.25) is 0 Å². The summed E-state index contributed by atoms with van der Waals surface area (Å²) in [6.07, 6.45) is 13.2. The number of anilines is 2. The van der Waals surface area contributed by atoms with Gasteiger partial charge in [-0.15, -0.1) is 6.42 Å². The van der Waals surface area contributed by atoms with Gasteiger partial charge >= 0.3 is 0 Å². The van der Waals surface area contributed by atoms with E-state index in [4.69, 9.17) is 27.7 Å². The Bertz CT molecular complexity index is 1280. The molecular formula is C28H35ClN6O. The molecular weight excluding hydrogens is 472 g/mol. The fraction of sp³-hybridized carbons (Fsp3) is 0.357. The third-order valence-corrected chi connectivity index (χ3v) is 5.87. The Morgan fingerprint density at radius 3 is 2.56 bits per heavy atom. The van der Waals surface area contributed by atoms with E-state index in [2.05, 4.69) is 45.3 Å². The maximum atomic E-state index is 6.40. The van der Waals surface area contributed by atoms with Crippen LogP contribution in [-0.2, 0) is 4.74 Å². The highest BCUT2D eigenvalue weighted by atomic mass is 35.5. The minimum atomic E-state index is 0.485. The summed E-state index contributed by atoms with van der Waals surface area (Å²) in [6, 6.07) is 7.88. The van der Waals surface area contributed by atoms with Crippen LogP contribution in [0.4, 0.5) is 11.5 Å². The molecule has 0 saturated carbocycles. The molecule has 0 aliphatic carbocycles. The molecule has 2 heterocycles. The van der Waals surface area contributed by atoms with Crippen molar-refractivity contribution in [1.29, 1.82) is 0 Å². The minimum absolute atomic E-state index is 0.485. The molecule has 0 atom stereocenters. The number of aromatic nitrogens is 3. The standard InChI is InChI=1S/C28H35ClN6O/c1-8-25(36-19-18-33(6)7)13-12-21(2)26-28(35-15-14-30-22(3)27(35)31-26)34(17-16-32(4)5)24-11-9-10-23(29)20-24/h1,9-15,20H,16-19H2,2-7H3. The summed E-state index contributed by atoms with van der Waals surface area (Å²) in [5.74, 6) is 4.06. The third-order valence-electron chi connectivity index (χ3n) is 5.64. The van der Waals surface area contributed by atoms with Crippen LogP contribution in [0.15, 0.2) is 54.6 Å². The van der Waals surface area contributed by atoms with Crippen molar-refractivity contribution in [2.24, 2.45) is 0 Å². The molecule has 190 valence electrons. The molecule has 2 aromatic heterocycles. The lowest BCUT2D eigenvalue weighted by atomic mass is 10.1. The zero-order valence-electron chi connectivity index (χ0n) is 22.0. The SMILES string of the molecule is C#CC(=CC=C(C)c1nc2c(C)nccn2c1N(CCN(C)C)c1cccc(Cl)c1)OCCN(C)C. The van der Waals surface area contributed by atoms with Crippen LogP contribution < -0.4 is 4.90 Å². The number of likely N-dealkylation sites (N-methyl/N-ethyl adjacent to an activating group) is 2. The van der Waals surface area contributed by atoms with E-state index in [9.17, 15) is 0 Å². The van der Waals surface area contributed by atoms with Crippen LogP contribution in [0, 0.1) is 19.3 Å². The van der Waals surface area contributed by atoms with Gasteiger partial charge < -0.3 is 19.4 Å². The third kappa shape index (κ3) is 6.88. The average molecular weight is 507 g/mol. The van der Waals surface area contributed by atoms with Gasteiger partial charge in [-0.2, -0.15) is 0 Å². The van der Waals surface area contributed by atoms with E-state index in [1.807, 2.05) is 69.4 Å². The Hall–Kier alpha value is -3.31. The number of hydrogen-bond donors (Lipinski definition) is 0. The number of halogens is 1. The molecule has 0 fully saturated rings. The molecule has 0 aliphatic heterocycles. The first-order valence-electron chi connectivity index (χ1n) is 11.9. The van der Waals surface area contributed by atoms with Gasteiger partial charge in [0.1, 0.15) is 18.1 Å². The summed E-state index contributed by atoms with van der Waals surface area (Å²) in [4.78, 5) is 15.9. The number of imidazole rings is 1. The van der Waals surface area contributed by atoms with Gasteiger partial charge in [0.05, 0.1) is 5.69 Å². The summed E-state index contributed by atoms with van der Waals surface area (Å²) in [7, 11) is 8.12. The number of fused-ring (bicyclic) bond motifs is 1. The summed E-state index contributed by atoms with van der Waals surface area (Å²) in [6.45, 7) is 6.88. The number of terminal acetylenes is 1. The van der Waals surface area contributed by atoms with Crippen molar-refractivity contribution < 1.29 is 4.74 Å². The Labute approximate surface area is 219 Å². The lowest BCUT2D eigenvalue weighted by Crippen LogP contribution is -2.29.